The van der Waals surface area contributed by atoms with E-state index in [9.17, 15) is 9.59 Å². The average molecular weight is 184 g/mol. The highest BCUT2D eigenvalue weighted by Crippen LogP contribution is 2.08. The first-order valence-corrected chi connectivity index (χ1v) is 4.76. The summed E-state index contributed by atoms with van der Waals surface area (Å²) in [6.45, 7) is 4.89. The van der Waals surface area contributed by atoms with E-state index in [4.69, 9.17) is 0 Å². The molecule has 0 spiro atoms. The maximum atomic E-state index is 11.5. The van der Waals surface area contributed by atoms with Gasteiger partial charge in [0.05, 0.1) is 5.92 Å². The Kier molecular flexibility index (Phi) is 3.28. The topological polar surface area (TPSA) is 49.4 Å². The van der Waals surface area contributed by atoms with E-state index in [-0.39, 0.29) is 17.9 Å². The van der Waals surface area contributed by atoms with E-state index in [1.165, 1.54) is 4.90 Å². The second kappa shape index (κ2) is 4.25. The molecule has 0 aromatic carbocycles. The molecule has 0 aromatic heterocycles. The molecular weight excluding hydrogens is 168 g/mol. The predicted molar refractivity (Wildman–Crippen MR) is 49.2 cm³/mol. The van der Waals surface area contributed by atoms with Gasteiger partial charge in [0.15, 0.2) is 0 Å². The van der Waals surface area contributed by atoms with Crippen molar-refractivity contribution in [2.75, 3.05) is 13.1 Å². The normalized spacial score (nSPS) is 23.2. The maximum absolute atomic E-state index is 11.5. The SMILES string of the molecule is CCCCN1C(=O)NCC(C)C1=O. The zero-order valence-corrected chi connectivity index (χ0v) is 8.17. The van der Waals surface area contributed by atoms with Gasteiger partial charge in [0, 0.05) is 13.1 Å². The Morgan fingerprint density at radius 3 is 2.85 bits per heavy atom. The number of amides is 3. The van der Waals surface area contributed by atoms with E-state index in [2.05, 4.69) is 5.32 Å². The van der Waals surface area contributed by atoms with Crippen molar-refractivity contribution in [1.82, 2.24) is 10.2 Å². The Morgan fingerprint density at radius 2 is 2.23 bits per heavy atom. The minimum Gasteiger partial charge on any atom is -0.337 e. The van der Waals surface area contributed by atoms with Gasteiger partial charge in [-0.3, -0.25) is 9.69 Å². The zero-order valence-electron chi connectivity index (χ0n) is 8.17. The van der Waals surface area contributed by atoms with Crippen LogP contribution in [-0.4, -0.2) is 29.9 Å². The Bertz CT molecular complexity index is 216. The summed E-state index contributed by atoms with van der Waals surface area (Å²) < 4.78 is 0. The number of hydrogen-bond donors (Lipinski definition) is 1. The largest absolute Gasteiger partial charge is 0.337 e. The molecule has 74 valence electrons. The lowest BCUT2D eigenvalue weighted by Gasteiger charge is -2.29. The van der Waals surface area contributed by atoms with Crippen LogP contribution >= 0.6 is 0 Å². The Labute approximate surface area is 78.3 Å². The molecule has 0 aromatic rings. The van der Waals surface area contributed by atoms with Crippen LogP contribution in [0.3, 0.4) is 0 Å². The third-order valence-corrected chi connectivity index (χ3v) is 2.23. The molecule has 1 N–H and O–H groups in total. The van der Waals surface area contributed by atoms with Gasteiger partial charge in [0.2, 0.25) is 5.91 Å². The molecule has 1 unspecified atom stereocenters. The number of carbonyl (C=O) groups is 2. The van der Waals surface area contributed by atoms with Gasteiger partial charge in [0.1, 0.15) is 0 Å². The molecule has 0 saturated carbocycles. The number of carbonyl (C=O) groups excluding carboxylic acids is 2. The zero-order chi connectivity index (χ0) is 9.84. The van der Waals surface area contributed by atoms with E-state index >= 15 is 0 Å². The number of imide groups is 1. The van der Waals surface area contributed by atoms with Crippen LogP contribution in [0, 0.1) is 5.92 Å². The van der Waals surface area contributed by atoms with Crippen molar-refractivity contribution < 1.29 is 9.59 Å². The van der Waals surface area contributed by atoms with Crippen molar-refractivity contribution in [3.05, 3.63) is 0 Å². The van der Waals surface area contributed by atoms with Crippen LogP contribution in [0.4, 0.5) is 4.79 Å². The molecule has 3 amide bonds. The van der Waals surface area contributed by atoms with Crippen LogP contribution < -0.4 is 5.32 Å². The molecule has 1 rings (SSSR count). The smallest absolute Gasteiger partial charge is 0.324 e. The molecule has 0 aliphatic carbocycles. The molecule has 0 radical (unpaired) electrons. The highest BCUT2D eigenvalue weighted by atomic mass is 16.2. The van der Waals surface area contributed by atoms with E-state index in [0.29, 0.717) is 13.1 Å². The summed E-state index contributed by atoms with van der Waals surface area (Å²) in [6, 6.07) is -0.239. The summed E-state index contributed by atoms with van der Waals surface area (Å²) in [6.07, 6.45) is 1.87. The molecule has 0 bridgehead atoms. The number of unbranched alkanes of at least 4 members (excludes halogenated alkanes) is 1. The van der Waals surface area contributed by atoms with Crippen LogP contribution in [0.5, 0.6) is 0 Å². The van der Waals surface area contributed by atoms with Crippen LogP contribution in [-0.2, 0) is 4.79 Å². The van der Waals surface area contributed by atoms with Crippen molar-refractivity contribution >= 4 is 11.9 Å². The monoisotopic (exact) mass is 184 g/mol. The number of hydrogen-bond acceptors (Lipinski definition) is 2. The lowest BCUT2D eigenvalue weighted by molar-refractivity contribution is -0.133. The molecule has 1 saturated heterocycles. The van der Waals surface area contributed by atoms with Crippen molar-refractivity contribution in [3.63, 3.8) is 0 Å². The van der Waals surface area contributed by atoms with E-state index < -0.39 is 0 Å². The Morgan fingerprint density at radius 1 is 1.54 bits per heavy atom. The van der Waals surface area contributed by atoms with Crippen molar-refractivity contribution in [2.45, 2.75) is 26.7 Å². The average Bonchev–Trinajstić information content (AvgIpc) is 2.12. The van der Waals surface area contributed by atoms with E-state index in [0.717, 1.165) is 12.8 Å². The summed E-state index contributed by atoms with van der Waals surface area (Å²) in [5, 5.41) is 2.69. The first-order valence-electron chi connectivity index (χ1n) is 4.76. The van der Waals surface area contributed by atoms with Crippen molar-refractivity contribution in [2.24, 2.45) is 5.92 Å². The summed E-state index contributed by atoms with van der Waals surface area (Å²) >= 11 is 0. The molecule has 1 heterocycles. The van der Waals surface area contributed by atoms with Crippen LogP contribution in [0.1, 0.15) is 26.7 Å². The van der Waals surface area contributed by atoms with E-state index in [1.54, 1.807) is 0 Å². The number of nitrogens with one attached hydrogen (secondary N) is 1. The fourth-order valence-corrected chi connectivity index (χ4v) is 1.32. The van der Waals surface area contributed by atoms with Crippen molar-refractivity contribution in [1.29, 1.82) is 0 Å². The second-order valence-electron chi connectivity index (χ2n) is 3.43. The Hall–Kier alpha value is -1.06. The molecule has 13 heavy (non-hydrogen) atoms. The number of nitrogens with zero attached hydrogens (tertiary/aromatic N) is 1. The second-order valence-corrected chi connectivity index (χ2v) is 3.43. The van der Waals surface area contributed by atoms with E-state index in [1.807, 2.05) is 13.8 Å². The summed E-state index contributed by atoms with van der Waals surface area (Å²) in [4.78, 5) is 24.1. The van der Waals surface area contributed by atoms with Crippen LogP contribution in [0.2, 0.25) is 0 Å². The molecule has 4 heteroatoms. The first-order chi connectivity index (χ1) is 6.16. The summed E-state index contributed by atoms with van der Waals surface area (Å²) in [7, 11) is 0. The van der Waals surface area contributed by atoms with Gasteiger partial charge in [-0.25, -0.2) is 4.79 Å². The Balaban J connectivity index is 2.56. The third-order valence-electron chi connectivity index (χ3n) is 2.23. The van der Waals surface area contributed by atoms with Gasteiger partial charge in [-0.2, -0.15) is 0 Å². The van der Waals surface area contributed by atoms with Gasteiger partial charge in [-0.05, 0) is 6.42 Å². The minimum atomic E-state index is -0.239. The highest BCUT2D eigenvalue weighted by molar-refractivity contribution is 5.97. The van der Waals surface area contributed by atoms with Gasteiger partial charge >= 0.3 is 6.03 Å². The minimum absolute atomic E-state index is 0.0443. The molecule has 4 nitrogen and oxygen atoms in total. The standard InChI is InChI=1S/C9H16N2O2/c1-3-4-5-11-8(12)7(2)6-10-9(11)13/h7H,3-6H2,1-2H3,(H,10,13). The fourth-order valence-electron chi connectivity index (χ4n) is 1.32. The van der Waals surface area contributed by atoms with Gasteiger partial charge < -0.3 is 5.32 Å². The van der Waals surface area contributed by atoms with Crippen LogP contribution in [0.25, 0.3) is 0 Å². The molecular formula is C9H16N2O2. The van der Waals surface area contributed by atoms with Gasteiger partial charge in [-0.15, -0.1) is 0 Å². The molecule has 1 fully saturated rings. The summed E-state index contributed by atoms with van der Waals surface area (Å²) in [5.74, 6) is -0.119. The lowest BCUT2D eigenvalue weighted by Crippen LogP contribution is -2.54. The number of rotatable bonds is 3. The van der Waals surface area contributed by atoms with Crippen molar-refractivity contribution in [3.8, 4) is 0 Å². The number of urea groups is 1. The lowest BCUT2D eigenvalue weighted by atomic mass is 10.1. The highest BCUT2D eigenvalue weighted by Gasteiger charge is 2.30. The summed E-state index contributed by atoms with van der Waals surface area (Å²) in [5.41, 5.74) is 0. The molecule has 1 aliphatic heterocycles. The quantitative estimate of drug-likeness (QED) is 0.710. The van der Waals surface area contributed by atoms with Crippen LogP contribution in [0.15, 0.2) is 0 Å². The van der Waals surface area contributed by atoms with Gasteiger partial charge in [-0.1, -0.05) is 20.3 Å². The predicted octanol–water partition coefficient (Wildman–Crippen LogP) is 0.974. The molecule has 1 aliphatic rings. The maximum Gasteiger partial charge on any atom is 0.324 e. The van der Waals surface area contributed by atoms with Gasteiger partial charge in [0.25, 0.3) is 0 Å². The first kappa shape index (κ1) is 10.0. The fraction of sp³-hybridized carbons (Fsp3) is 0.778. The third kappa shape index (κ3) is 2.20. The molecule has 1 atom stereocenters.